The molecule has 0 heterocycles. The van der Waals surface area contributed by atoms with Gasteiger partial charge in [-0.2, -0.15) is 0 Å². The van der Waals surface area contributed by atoms with Crippen molar-refractivity contribution in [3.8, 4) is 0 Å². The lowest BCUT2D eigenvalue weighted by Gasteiger charge is -2.23. The molecular formula is C21H15N3O4. The molecule has 7 heteroatoms. The zero-order chi connectivity index (χ0) is 19.8. The molecule has 138 valence electrons. The minimum Gasteiger partial charge on any atom is -0.388 e. The largest absolute Gasteiger partial charge is 0.388 e. The number of carbonyl (C=O) groups is 2. The van der Waals surface area contributed by atoms with Crippen molar-refractivity contribution in [2.45, 2.75) is 0 Å². The zero-order valence-electron chi connectivity index (χ0n) is 14.9. The van der Waals surface area contributed by atoms with E-state index in [1.54, 1.807) is 55.6 Å². The number of fused-ring (bicyclic) bond motifs is 2. The summed E-state index contributed by atoms with van der Waals surface area (Å²) in [5.41, 5.74) is 2.92. The van der Waals surface area contributed by atoms with Crippen LogP contribution in [0.3, 0.4) is 0 Å². The van der Waals surface area contributed by atoms with Crippen LogP contribution in [0.2, 0.25) is 0 Å². The summed E-state index contributed by atoms with van der Waals surface area (Å²) in [6.45, 7) is 0. The number of rotatable bonds is 4. The highest BCUT2D eigenvalue weighted by Gasteiger charge is 2.33. The number of hydrogen-bond acceptors (Lipinski definition) is 6. The second-order valence-corrected chi connectivity index (χ2v) is 6.29. The van der Waals surface area contributed by atoms with E-state index >= 15 is 0 Å². The van der Waals surface area contributed by atoms with Crippen LogP contribution in [0.15, 0.2) is 60.7 Å². The van der Waals surface area contributed by atoms with Crippen LogP contribution in [0.25, 0.3) is 0 Å². The molecule has 1 aliphatic rings. The average Bonchev–Trinajstić information content (AvgIpc) is 2.72. The summed E-state index contributed by atoms with van der Waals surface area (Å²) in [6.07, 6.45) is 0. The van der Waals surface area contributed by atoms with E-state index in [1.165, 1.54) is 12.1 Å². The van der Waals surface area contributed by atoms with Crippen molar-refractivity contribution in [3.63, 3.8) is 0 Å². The van der Waals surface area contributed by atoms with Crippen LogP contribution in [0.5, 0.6) is 0 Å². The Morgan fingerprint density at radius 2 is 1.32 bits per heavy atom. The maximum absolute atomic E-state index is 13.2. The number of nitro benzene ring substituents is 1. The van der Waals surface area contributed by atoms with Gasteiger partial charge < -0.3 is 10.6 Å². The number of benzene rings is 3. The number of nitrogens with one attached hydrogen (secondary N) is 2. The van der Waals surface area contributed by atoms with Crippen LogP contribution >= 0.6 is 0 Å². The van der Waals surface area contributed by atoms with Crippen molar-refractivity contribution in [1.82, 2.24) is 0 Å². The summed E-state index contributed by atoms with van der Waals surface area (Å²) in [6, 6.07) is 16.0. The van der Waals surface area contributed by atoms with Crippen LogP contribution in [0.4, 0.5) is 22.7 Å². The summed E-state index contributed by atoms with van der Waals surface area (Å²) in [5, 5.41) is 16.9. The third kappa shape index (κ3) is 2.69. The molecule has 0 aliphatic heterocycles. The monoisotopic (exact) mass is 373 g/mol. The first kappa shape index (κ1) is 17.4. The van der Waals surface area contributed by atoms with Crippen LogP contribution < -0.4 is 10.6 Å². The molecule has 0 aromatic heterocycles. The lowest BCUT2D eigenvalue weighted by molar-refractivity contribution is -0.384. The molecular weight excluding hydrogens is 358 g/mol. The highest BCUT2D eigenvalue weighted by molar-refractivity contribution is 6.32. The molecule has 0 radical (unpaired) electrons. The Labute approximate surface area is 160 Å². The number of hydrogen-bond donors (Lipinski definition) is 2. The van der Waals surface area contributed by atoms with Gasteiger partial charge in [0.2, 0.25) is 0 Å². The van der Waals surface area contributed by atoms with Crippen molar-refractivity contribution in [1.29, 1.82) is 0 Å². The topological polar surface area (TPSA) is 101 Å². The van der Waals surface area contributed by atoms with Gasteiger partial charge in [0.25, 0.3) is 5.69 Å². The van der Waals surface area contributed by atoms with Gasteiger partial charge in [-0.05, 0) is 24.3 Å². The fraction of sp³-hybridized carbons (Fsp3) is 0.0476. The number of nitrogens with zero attached hydrogens (tertiary/aromatic N) is 1. The molecule has 0 bridgehead atoms. The van der Waals surface area contributed by atoms with Gasteiger partial charge in [0.1, 0.15) is 0 Å². The number of carbonyl (C=O) groups excluding carboxylic acids is 2. The first-order chi connectivity index (χ1) is 13.5. The molecule has 0 saturated heterocycles. The molecule has 0 unspecified atom stereocenters. The van der Waals surface area contributed by atoms with Crippen molar-refractivity contribution >= 4 is 34.3 Å². The maximum atomic E-state index is 13.2. The average molecular weight is 373 g/mol. The van der Waals surface area contributed by atoms with Gasteiger partial charge in [-0.25, -0.2) is 0 Å². The first-order valence-electron chi connectivity index (χ1n) is 8.56. The zero-order valence-corrected chi connectivity index (χ0v) is 14.9. The third-order valence-electron chi connectivity index (χ3n) is 4.70. The Kier molecular flexibility index (Phi) is 4.12. The molecule has 0 saturated carbocycles. The van der Waals surface area contributed by atoms with Crippen LogP contribution in [-0.2, 0) is 0 Å². The van der Waals surface area contributed by atoms with E-state index in [4.69, 9.17) is 0 Å². The Balaban J connectivity index is 1.83. The Bertz CT molecular complexity index is 1140. The number of nitro groups is 1. The van der Waals surface area contributed by atoms with E-state index in [-0.39, 0.29) is 22.8 Å². The smallest absolute Gasteiger partial charge is 0.269 e. The Morgan fingerprint density at radius 1 is 0.786 bits per heavy atom. The predicted molar refractivity (Wildman–Crippen MR) is 106 cm³/mol. The van der Waals surface area contributed by atoms with E-state index < -0.39 is 4.92 Å². The van der Waals surface area contributed by atoms with Crippen molar-refractivity contribution in [2.24, 2.45) is 0 Å². The molecule has 3 aromatic carbocycles. The van der Waals surface area contributed by atoms with Gasteiger partial charge in [0, 0.05) is 41.7 Å². The third-order valence-corrected chi connectivity index (χ3v) is 4.70. The van der Waals surface area contributed by atoms with E-state index in [1.807, 2.05) is 0 Å². The van der Waals surface area contributed by atoms with Gasteiger partial charge in [-0.15, -0.1) is 0 Å². The van der Waals surface area contributed by atoms with E-state index in [2.05, 4.69) is 10.6 Å². The van der Waals surface area contributed by atoms with Crippen LogP contribution in [-0.4, -0.2) is 23.5 Å². The molecule has 2 N–H and O–H groups in total. The van der Waals surface area contributed by atoms with Crippen molar-refractivity contribution in [2.75, 3.05) is 17.7 Å². The van der Waals surface area contributed by atoms with Crippen molar-refractivity contribution in [3.05, 3.63) is 93.0 Å². The molecule has 7 nitrogen and oxygen atoms in total. The van der Waals surface area contributed by atoms with E-state index in [0.29, 0.717) is 33.8 Å². The standard InChI is InChI=1S/C21H15N3O4/c1-22-16-10-11-17(23-12-6-8-13(9-7-12)24(27)28)19-18(16)20(25)14-4-2-3-5-15(14)21(19)26/h2-11,22-23H,1H3. The Morgan fingerprint density at radius 3 is 1.86 bits per heavy atom. The second kappa shape index (κ2) is 6.62. The van der Waals surface area contributed by atoms with Gasteiger partial charge in [-0.1, -0.05) is 24.3 Å². The second-order valence-electron chi connectivity index (χ2n) is 6.29. The number of anilines is 3. The van der Waals surface area contributed by atoms with E-state index in [0.717, 1.165) is 0 Å². The maximum Gasteiger partial charge on any atom is 0.269 e. The van der Waals surface area contributed by atoms with Crippen LogP contribution in [0.1, 0.15) is 31.8 Å². The molecule has 1 aliphatic carbocycles. The minimum absolute atomic E-state index is 0.0294. The lowest BCUT2D eigenvalue weighted by atomic mass is 9.82. The van der Waals surface area contributed by atoms with E-state index in [9.17, 15) is 19.7 Å². The molecule has 0 amide bonds. The molecule has 0 spiro atoms. The predicted octanol–water partition coefficient (Wildman–Crippen LogP) is 4.16. The summed E-state index contributed by atoms with van der Waals surface area (Å²) in [4.78, 5) is 36.6. The fourth-order valence-corrected chi connectivity index (χ4v) is 3.36. The molecule has 0 fully saturated rings. The Hall–Kier alpha value is -4.00. The summed E-state index contributed by atoms with van der Waals surface area (Å²) < 4.78 is 0. The van der Waals surface area contributed by atoms with Gasteiger partial charge >= 0.3 is 0 Å². The van der Waals surface area contributed by atoms with Crippen molar-refractivity contribution < 1.29 is 14.5 Å². The molecule has 28 heavy (non-hydrogen) atoms. The molecule has 0 atom stereocenters. The minimum atomic E-state index is -0.480. The van der Waals surface area contributed by atoms with Gasteiger partial charge in [0.05, 0.1) is 21.7 Å². The molecule has 4 rings (SSSR count). The first-order valence-corrected chi connectivity index (χ1v) is 8.56. The van der Waals surface area contributed by atoms with Gasteiger partial charge in [0.15, 0.2) is 11.6 Å². The highest BCUT2D eigenvalue weighted by atomic mass is 16.6. The quantitative estimate of drug-likeness (QED) is 0.411. The summed E-state index contributed by atoms with van der Waals surface area (Å²) >= 11 is 0. The van der Waals surface area contributed by atoms with Crippen LogP contribution in [0, 0.1) is 10.1 Å². The number of ketones is 2. The summed E-state index contributed by atoms with van der Waals surface area (Å²) in [5.74, 6) is -0.464. The SMILES string of the molecule is CNc1ccc(Nc2ccc([N+](=O)[O-])cc2)c2c1C(=O)c1ccccc1C2=O. The fourth-order valence-electron chi connectivity index (χ4n) is 3.36. The molecule has 3 aromatic rings. The van der Waals surface area contributed by atoms with Gasteiger partial charge in [-0.3, -0.25) is 19.7 Å². The lowest BCUT2D eigenvalue weighted by Crippen LogP contribution is -2.23. The normalized spacial score (nSPS) is 12.2. The highest BCUT2D eigenvalue weighted by Crippen LogP contribution is 2.37. The summed E-state index contributed by atoms with van der Waals surface area (Å²) in [7, 11) is 1.69. The number of non-ortho nitro benzene ring substituents is 1.